The molecule has 0 radical (unpaired) electrons. The average Bonchev–Trinajstić information content (AvgIpc) is 3.23. The summed E-state index contributed by atoms with van der Waals surface area (Å²) in [4.78, 5) is 21.7. The summed E-state index contributed by atoms with van der Waals surface area (Å²) in [6.45, 7) is 9.61. The Morgan fingerprint density at radius 2 is 1.75 bits per heavy atom. The monoisotopic (exact) mass is 387 g/mol. The molecule has 1 atom stereocenters. The van der Waals surface area contributed by atoms with Crippen molar-refractivity contribution >= 4 is 17.4 Å². The molecule has 0 aliphatic carbocycles. The van der Waals surface area contributed by atoms with Crippen LogP contribution in [0.5, 0.6) is 0 Å². The average molecular weight is 388 g/mol. The quantitative estimate of drug-likeness (QED) is 0.853. The summed E-state index contributed by atoms with van der Waals surface area (Å²) in [5, 5.41) is 3.05. The van der Waals surface area contributed by atoms with E-state index >= 15 is 0 Å². The van der Waals surface area contributed by atoms with Gasteiger partial charge in [-0.05, 0) is 44.2 Å². The molecule has 3 aliphatic heterocycles. The van der Waals surface area contributed by atoms with Gasteiger partial charge in [0.1, 0.15) is 0 Å². The summed E-state index contributed by atoms with van der Waals surface area (Å²) in [5.41, 5.74) is 2.10. The predicted octanol–water partition coefficient (Wildman–Crippen LogP) is 1.77. The maximum Gasteiger partial charge on any atom is 0.321 e. The molecular weight excluding hydrogens is 354 g/mol. The number of nitrogens with zero attached hydrogens (tertiary/aromatic N) is 4. The fourth-order valence-electron chi connectivity index (χ4n) is 4.23. The minimum Gasteiger partial charge on any atom is -0.377 e. The van der Waals surface area contributed by atoms with Gasteiger partial charge in [-0.15, -0.1) is 0 Å². The highest BCUT2D eigenvalue weighted by Crippen LogP contribution is 2.20. The van der Waals surface area contributed by atoms with Gasteiger partial charge in [0.25, 0.3) is 0 Å². The summed E-state index contributed by atoms with van der Waals surface area (Å²) >= 11 is 0. The minimum atomic E-state index is 0.00381. The third-order valence-corrected chi connectivity index (χ3v) is 6.13. The van der Waals surface area contributed by atoms with Crippen LogP contribution in [0.15, 0.2) is 24.3 Å². The molecule has 28 heavy (non-hydrogen) atoms. The predicted molar refractivity (Wildman–Crippen MR) is 112 cm³/mol. The number of benzene rings is 1. The standard InChI is InChI=1S/C21H33N5O2/c1-23-8-12-25(13-9-23)19-6-4-18(5-7-19)22-21(27)26-14-10-24(11-15-26)17-20-3-2-16-28-20/h4-7,20H,2-3,8-17H2,1H3,(H,22,27). The molecule has 3 heterocycles. The third-order valence-electron chi connectivity index (χ3n) is 6.13. The second kappa shape index (κ2) is 9.11. The van der Waals surface area contributed by atoms with Gasteiger partial charge in [-0.25, -0.2) is 4.79 Å². The summed E-state index contributed by atoms with van der Waals surface area (Å²) in [6, 6.07) is 8.25. The third kappa shape index (κ3) is 4.96. The molecule has 1 aromatic rings. The zero-order valence-electron chi connectivity index (χ0n) is 17.0. The summed E-state index contributed by atoms with van der Waals surface area (Å²) in [7, 11) is 2.16. The lowest BCUT2D eigenvalue weighted by Crippen LogP contribution is -2.51. The first-order valence-corrected chi connectivity index (χ1v) is 10.6. The molecule has 0 spiro atoms. The van der Waals surface area contributed by atoms with Crippen molar-refractivity contribution in [2.24, 2.45) is 0 Å². The molecule has 3 aliphatic rings. The number of ether oxygens (including phenoxy) is 1. The van der Waals surface area contributed by atoms with Crippen LogP contribution in [0.4, 0.5) is 16.2 Å². The lowest BCUT2D eigenvalue weighted by atomic mass is 10.2. The number of carbonyl (C=O) groups is 1. The number of amides is 2. The molecule has 1 aromatic carbocycles. The number of carbonyl (C=O) groups excluding carboxylic acids is 1. The molecular formula is C21H33N5O2. The highest BCUT2D eigenvalue weighted by molar-refractivity contribution is 5.89. The smallest absolute Gasteiger partial charge is 0.321 e. The van der Waals surface area contributed by atoms with E-state index in [9.17, 15) is 4.79 Å². The first kappa shape index (κ1) is 19.5. The number of nitrogens with one attached hydrogen (secondary N) is 1. The Hall–Kier alpha value is -1.83. The number of hydrogen-bond acceptors (Lipinski definition) is 5. The van der Waals surface area contributed by atoms with Crippen LogP contribution in [0.3, 0.4) is 0 Å². The van der Waals surface area contributed by atoms with E-state index in [2.05, 4.69) is 39.2 Å². The molecule has 0 aromatic heterocycles. The van der Waals surface area contributed by atoms with Crippen molar-refractivity contribution in [2.45, 2.75) is 18.9 Å². The first-order valence-electron chi connectivity index (χ1n) is 10.6. The zero-order chi connectivity index (χ0) is 19.3. The number of likely N-dealkylation sites (N-methyl/N-ethyl adjacent to an activating group) is 1. The second-order valence-electron chi connectivity index (χ2n) is 8.19. The maximum absolute atomic E-state index is 12.6. The number of anilines is 2. The van der Waals surface area contributed by atoms with Gasteiger partial charge in [-0.2, -0.15) is 0 Å². The summed E-state index contributed by atoms with van der Waals surface area (Å²) in [6.07, 6.45) is 2.74. The van der Waals surface area contributed by atoms with Crippen LogP contribution < -0.4 is 10.2 Å². The van der Waals surface area contributed by atoms with E-state index in [1.807, 2.05) is 17.0 Å². The van der Waals surface area contributed by atoms with Crippen molar-refractivity contribution in [2.75, 3.05) is 82.8 Å². The highest BCUT2D eigenvalue weighted by atomic mass is 16.5. The van der Waals surface area contributed by atoms with Gasteiger partial charge in [-0.3, -0.25) is 4.90 Å². The van der Waals surface area contributed by atoms with Crippen molar-refractivity contribution in [3.05, 3.63) is 24.3 Å². The Bertz CT molecular complexity index is 631. The zero-order valence-corrected chi connectivity index (χ0v) is 17.0. The lowest BCUT2D eigenvalue weighted by molar-refractivity contribution is 0.0572. The van der Waals surface area contributed by atoms with Gasteiger partial charge in [0.05, 0.1) is 6.10 Å². The van der Waals surface area contributed by atoms with Gasteiger partial charge >= 0.3 is 6.03 Å². The van der Waals surface area contributed by atoms with E-state index in [1.54, 1.807) is 0 Å². The fraction of sp³-hybridized carbons (Fsp3) is 0.667. The van der Waals surface area contributed by atoms with Gasteiger partial charge in [0.2, 0.25) is 0 Å². The molecule has 4 rings (SSSR count). The number of rotatable bonds is 4. The lowest BCUT2D eigenvalue weighted by Gasteiger charge is -2.35. The van der Waals surface area contributed by atoms with Crippen molar-refractivity contribution in [1.29, 1.82) is 0 Å². The van der Waals surface area contributed by atoms with Crippen LogP contribution in [-0.2, 0) is 4.74 Å². The van der Waals surface area contributed by atoms with Crippen LogP contribution in [0.1, 0.15) is 12.8 Å². The Labute approximate surface area is 168 Å². The molecule has 3 saturated heterocycles. The number of piperazine rings is 2. The molecule has 1 unspecified atom stereocenters. The molecule has 2 amide bonds. The Kier molecular flexibility index (Phi) is 6.34. The van der Waals surface area contributed by atoms with E-state index in [-0.39, 0.29) is 6.03 Å². The van der Waals surface area contributed by atoms with Gasteiger partial charge in [0, 0.05) is 76.9 Å². The fourth-order valence-corrected chi connectivity index (χ4v) is 4.23. The van der Waals surface area contributed by atoms with E-state index in [4.69, 9.17) is 4.74 Å². The Morgan fingerprint density at radius 3 is 2.39 bits per heavy atom. The molecule has 3 fully saturated rings. The SMILES string of the molecule is CN1CCN(c2ccc(NC(=O)N3CCN(CC4CCCO4)CC3)cc2)CC1. The molecule has 1 N–H and O–H groups in total. The van der Waals surface area contributed by atoms with Crippen LogP contribution in [0.25, 0.3) is 0 Å². The van der Waals surface area contributed by atoms with Crippen molar-refractivity contribution in [1.82, 2.24) is 14.7 Å². The largest absolute Gasteiger partial charge is 0.377 e. The van der Waals surface area contributed by atoms with Crippen molar-refractivity contribution in [3.63, 3.8) is 0 Å². The summed E-state index contributed by atoms with van der Waals surface area (Å²) < 4.78 is 5.73. The van der Waals surface area contributed by atoms with Crippen LogP contribution in [0, 0.1) is 0 Å². The molecule has 7 heteroatoms. The summed E-state index contributed by atoms with van der Waals surface area (Å²) in [5.74, 6) is 0. The topological polar surface area (TPSA) is 51.3 Å². The molecule has 7 nitrogen and oxygen atoms in total. The Balaban J connectivity index is 1.22. The minimum absolute atomic E-state index is 0.00381. The number of urea groups is 1. The van der Waals surface area contributed by atoms with E-state index in [1.165, 1.54) is 18.5 Å². The second-order valence-corrected chi connectivity index (χ2v) is 8.19. The van der Waals surface area contributed by atoms with Crippen molar-refractivity contribution < 1.29 is 9.53 Å². The van der Waals surface area contributed by atoms with Crippen LogP contribution in [-0.4, -0.2) is 99.4 Å². The van der Waals surface area contributed by atoms with Crippen molar-refractivity contribution in [3.8, 4) is 0 Å². The van der Waals surface area contributed by atoms with Crippen LogP contribution >= 0.6 is 0 Å². The first-order chi connectivity index (χ1) is 13.7. The van der Waals surface area contributed by atoms with E-state index < -0.39 is 0 Å². The highest BCUT2D eigenvalue weighted by Gasteiger charge is 2.25. The van der Waals surface area contributed by atoms with Gasteiger partial charge in [0.15, 0.2) is 0 Å². The molecule has 154 valence electrons. The van der Waals surface area contributed by atoms with E-state index in [0.717, 1.165) is 71.2 Å². The normalized spacial score (nSPS) is 24.5. The molecule has 0 bridgehead atoms. The molecule has 0 saturated carbocycles. The Morgan fingerprint density at radius 1 is 1.04 bits per heavy atom. The van der Waals surface area contributed by atoms with Gasteiger partial charge in [-0.1, -0.05) is 0 Å². The van der Waals surface area contributed by atoms with E-state index in [0.29, 0.717) is 6.10 Å². The maximum atomic E-state index is 12.6. The van der Waals surface area contributed by atoms with Crippen LogP contribution in [0.2, 0.25) is 0 Å². The number of hydrogen-bond donors (Lipinski definition) is 1. The van der Waals surface area contributed by atoms with Gasteiger partial charge < -0.3 is 24.8 Å².